The Labute approximate surface area is 126 Å². The highest BCUT2D eigenvalue weighted by molar-refractivity contribution is 5.57. The summed E-state index contributed by atoms with van der Waals surface area (Å²) in [6.45, 7) is 3.33. The number of anilines is 1. The minimum absolute atomic E-state index is 0.471. The molecule has 2 heterocycles. The van der Waals surface area contributed by atoms with Crippen molar-refractivity contribution in [3.05, 3.63) is 42.6 Å². The van der Waals surface area contributed by atoms with Crippen LogP contribution in [0.4, 0.5) is 5.82 Å². The van der Waals surface area contributed by atoms with Crippen LogP contribution in [-0.2, 0) is 0 Å². The lowest BCUT2D eigenvalue weighted by atomic mass is 10.1. The second kappa shape index (κ2) is 5.82. The number of aromatic nitrogens is 2. The fourth-order valence-corrected chi connectivity index (χ4v) is 3.17. The summed E-state index contributed by atoms with van der Waals surface area (Å²) >= 11 is 0. The summed E-state index contributed by atoms with van der Waals surface area (Å²) in [6, 6.07) is 13.2. The zero-order valence-corrected chi connectivity index (χ0v) is 12.9. The highest BCUT2D eigenvalue weighted by atomic mass is 15.3. The molecule has 3 rings (SSSR count). The third-order valence-electron chi connectivity index (χ3n) is 4.34. The molecule has 0 radical (unpaired) electrons. The van der Waals surface area contributed by atoms with E-state index in [2.05, 4.69) is 47.9 Å². The lowest BCUT2D eigenvalue weighted by Gasteiger charge is -2.29. The maximum absolute atomic E-state index is 4.77. The van der Waals surface area contributed by atoms with Crippen LogP contribution in [0.2, 0.25) is 0 Å². The van der Waals surface area contributed by atoms with E-state index in [4.69, 9.17) is 4.98 Å². The number of likely N-dealkylation sites (N-methyl/N-ethyl adjacent to an activating group) is 1. The van der Waals surface area contributed by atoms with E-state index in [-0.39, 0.29) is 0 Å². The Morgan fingerprint density at radius 2 is 1.90 bits per heavy atom. The van der Waals surface area contributed by atoms with Gasteiger partial charge in [-0.3, -0.25) is 0 Å². The van der Waals surface area contributed by atoms with Crippen molar-refractivity contribution in [3.63, 3.8) is 0 Å². The Bertz CT molecular complexity index is 597. The summed E-state index contributed by atoms with van der Waals surface area (Å²) in [5.41, 5.74) is 1.07. The first-order valence-electron chi connectivity index (χ1n) is 7.48. The Morgan fingerprint density at radius 1 is 1.14 bits per heavy atom. The van der Waals surface area contributed by atoms with Crippen LogP contribution in [0.15, 0.2) is 42.6 Å². The van der Waals surface area contributed by atoms with Gasteiger partial charge in [0.05, 0.1) is 0 Å². The molecule has 0 bridgehead atoms. The fourth-order valence-electron chi connectivity index (χ4n) is 3.17. The molecule has 110 valence electrons. The number of nitrogens with zero attached hydrogens (tertiary/aromatic N) is 4. The van der Waals surface area contributed by atoms with Crippen molar-refractivity contribution in [1.29, 1.82) is 0 Å². The van der Waals surface area contributed by atoms with Crippen LogP contribution in [-0.4, -0.2) is 47.6 Å². The summed E-state index contributed by atoms with van der Waals surface area (Å²) in [6.07, 6.45) is 3.04. The molecule has 0 unspecified atom stereocenters. The third kappa shape index (κ3) is 2.76. The van der Waals surface area contributed by atoms with Gasteiger partial charge in [0.2, 0.25) is 0 Å². The normalized spacial score (nSPS) is 22.0. The van der Waals surface area contributed by atoms with Crippen LogP contribution in [0.25, 0.3) is 11.4 Å². The molecular formula is C17H22N4. The highest BCUT2D eigenvalue weighted by Crippen LogP contribution is 2.27. The van der Waals surface area contributed by atoms with E-state index in [1.807, 2.05) is 30.5 Å². The first-order chi connectivity index (χ1) is 10.2. The summed E-state index contributed by atoms with van der Waals surface area (Å²) in [5, 5.41) is 0. The molecule has 2 atom stereocenters. The highest BCUT2D eigenvalue weighted by Gasteiger charge is 2.32. The van der Waals surface area contributed by atoms with Crippen molar-refractivity contribution in [1.82, 2.24) is 14.9 Å². The van der Waals surface area contributed by atoms with Crippen molar-refractivity contribution in [3.8, 4) is 11.4 Å². The van der Waals surface area contributed by atoms with Gasteiger partial charge in [0, 0.05) is 30.4 Å². The average Bonchev–Trinajstić information content (AvgIpc) is 2.90. The van der Waals surface area contributed by atoms with E-state index in [0.717, 1.165) is 23.8 Å². The monoisotopic (exact) mass is 282 g/mol. The van der Waals surface area contributed by atoms with Gasteiger partial charge in [-0.25, -0.2) is 9.97 Å². The zero-order valence-electron chi connectivity index (χ0n) is 12.9. The van der Waals surface area contributed by atoms with Gasteiger partial charge in [0.15, 0.2) is 5.82 Å². The number of hydrogen-bond donors (Lipinski definition) is 0. The van der Waals surface area contributed by atoms with Gasteiger partial charge in [-0.1, -0.05) is 30.3 Å². The topological polar surface area (TPSA) is 32.3 Å². The summed E-state index contributed by atoms with van der Waals surface area (Å²) < 4.78 is 0. The van der Waals surface area contributed by atoms with Gasteiger partial charge >= 0.3 is 0 Å². The average molecular weight is 282 g/mol. The van der Waals surface area contributed by atoms with E-state index >= 15 is 0 Å². The smallest absolute Gasteiger partial charge is 0.161 e. The van der Waals surface area contributed by atoms with Crippen LogP contribution in [0.3, 0.4) is 0 Å². The maximum atomic E-state index is 4.77. The van der Waals surface area contributed by atoms with Crippen molar-refractivity contribution < 1.29 is 0 Å². The molecule has 0 saturated carbocycles. The Kier molecular flexibility index (Phi) is 3.88. The molecule has 1 fully saturated rings. The molecule has 4 nitrogen and oxygen atoms in total. The van der Waals surface area contributed by atoms with Crippen LogP contribution < -0.4 is 4.90 Å². The first kappa shape index (κ1) is 14.0. The van der Waals surface area contributed by atoms with Gasteiger partial charge in [-0.2, -0.15) is 0 Å². The van der Waals surface area contributed by atoms with Crippen molar-refractivity contribution in [2.24, 2.45) is 0 Å². The molecule has 1 aromatic carbocycles. The predicted molar refractivity (Wildman–Crippen MR) is 86.4 cm³/mol. The molecule has 0 aliphatic carbocycles. The van der Waals surface area contributed by atoms with Crippen molar-refractivity contribution >= 4 is 5.82 Å². The third-order valence-corrected chi connectivity index (χ3v) is 4.34. The molecular weight excluding hydrogens is 260 g/mol. The van der Waals surface area contributed by atoms with Gasteiger partial charge < -0.3 is 9.80 Å². The van der Waals surface area contributed by atoms with E-state index in [1.54, 1.807) is 0 Å². The minimum atomic E-state index is 0.471. The molecule has 1 aromatic heterocycles. The van der Waals surface area contributed by atoms with E-state index < -0.39 is 0 Å². The molecule has 0 amide bonds. The Balaban J connectivity index is 1.87. The van der Waals surface area contributed by atoms with E-state index in [0.29, 0.717) is 12.1 Å². The summed E-state index contributed by atoms with van der Waals surface area (Å²) in [7, 11) is 4.31. The molecule has 0 spiro atoms. The number of rotatable bonds is 3. The van der Waals surface area contributed by atoms with Crippen LogP contribution in [0.1, 0.15) is 13.3 Å². The second-order valence-electron chi connectivity index (χ2n) is 5.86. The SMILES string of the molecule is C[C@H]1[C@@H](N(C)C)CCN1c1ccnc(-c2ccccc2)n1. The molecule has 4 heteroatoms. The quantitative estimate of drug-likeness (QED) is 0.866. The van der Waals surface area contributed by atoms with Crippen LogP contribution in [0, 0.1) is 0 Å². The van der Waals surface area contributed by atoms with Gasteiger partial charge in [-0.05, 0) is 33.5 Å². The second-order valence-corrected chi connectivity index (χ2v) is 5.86. The summed E-state index contributed by atoms with van der Waals surface area (Å²) in [5.74, 6) is 1.83. The lowest BCUT2D eigenvalue weighted by Crippen LogP contribution is -2.40. The van der Waals surface area contributed by atoms with Crippen molar-refractivity contribution in [2.75, 3.05) is 25.5 Å². The molecule has 2 aromatic rings. The number of benzene rings is 1. The predicted octanol–water partition coefficient (Wildman–Crippen LogP) is 2.67. The van der Waals surface area contributed by atoms with Gasteiger partial charge in [0.1, 0.15) is 5.82 Å². The molecule has 1 saturated heterocycles. The zero-order chi connectivity index (χ0) is 14.8. The fraction of sp³-hybridized carbons (Fsp3) is 0.412. The maximum Gasteiger partial charge on any atom is 0.161 e. The van der Waals surface area contributed by atoms with Gasteiger partial charge in [0.25, 0.3) is 0 Å². The molecule has 1 aliphatic heterocycles. The van der Waals surface area contributed by atoms with Gasteiger partial charge in [-0.15, -0.1) is 0 Å². The largest absolute Gasteiger partial charge is 0.352 e. The first-order valence-corrected chi connectivity index (χ1v) is 7.48. The van der Waals surface area contributed by atoms with Crippen LogP contribution >= 0.6 is 0 Å². The van der Waals surface area contributed by atoms with E-state index in [9.17, 15) is 0 Å². The number of hydrogen-bond acceptors (Lipinski definition) is 4. The Morgan fingerprint density at radius 3 is 2.57 bits per heavy atom. The standard InChI is InChI=1S/C17H22N4/c1-13-15(20(2)3)10-12-21(13)16-9-11-18-17(19-16)14-7-5-4-6-8-14/h4-9,11,13,15H,10,12H2,1-3H3/t13-,15-/m0/s1. The molecule has 0 N–H and O–H groups in total. The molecule has 21 heavy (non-hydrogen) atoms. The Hall–Kier alpha value is -1.94. The van der Waals surface area contributed by atoms with Crippen molar-refractivity contribution in [2.45, 2.75) is 25.4 Å². The lowest BCUT2D eigenvalue weighted by molar-refractivity contribution is 0.282. The summed E-state index contributed by atoms with van der Waals surface area (Å²) in [4.78, 5) is 13.9. The van der Waals surface area contributed by atoms with Crippen LogP contribution in [0.5, 0.6) is 0 Å². The van der Waals surface area contributed by atoms with E-state index in [1.165, 1.54) is 6.42 Å². The minimum Gasteiger partial charge on any atom is -0.352 e. The molecule has 1 aliphatic rings.